The van der Waals surface area contributed by atoms with Crippen LogP contribution in [0.4, 0.5) is 0 Å². The van der Waals surface area contributed by atoms with Crippen molar-refractivity contribution < 1.29 is 4.79 Å². The second kappa shape index (κ2) is 4.10. The van der Waals surface area contributed by atoms with Crippen molar-refractivity contribution in [3.63, 3.8) is 0 Å². The summed E-state index contributed by atoms with van der Waals surface area (Å²) in [5.74, 6) is 0.526. The van der Waals surface area contributed by atoms with Crippen LogP contribution in [0.5, 0.6) is 0 Å². The molecule has 3 N–H and O–H groups in total. The molecule has 0 spiro atoms. The Morgan fingerprint density at radius 2 is 2.13 bits per heavy atom. The number of nitrogens with zero attached hydrogens (tertiary/aromatic N) is 1. The van der Waals surface area contributed by atoms with Crippen molar-refractivity contribution >= 4 is 5.91 Å². The Morgan fingerprint density at radius 1 is 1.47 bits per heavy atom. The van der Waals surface area contributed by atoms with Gasteiger partial charge in [-0.25, -0.2) is 0 Å². The van der Waals surface area contributed by atoms with Gasteiger partial charge in [-0.05, 0) is 25.7 Å². The Labute approximate surface area is 91.2 Å². The molecule has 1 heterocycles. The molecule has 0 aromatic rings. The van der Waals surface area contributed by atoms with E-state index in [0.717, 1.165) is 19.1 Å². The van der Waals surface area contributed by atoms with Crippen molar-refractivity contribution in [2.75, 3.05) is 13.1 Å². The van der Waals surface area contributed by atoms with E-state index in [9.17, 15) is 4.79 Å². The van der Waals surface area contributed by atoms with Crippen molar-refractivity contribution in [2.45, 2.75) is 44.8 Å². The minimum Gasteiger partial charge on any atom is -0.350 e. The summed E-state index contributed by atoms with van der Waals surface area (Å²) >= 11 is 0. The summed E-state index contributed by atoms with van der Waals surface area (Å²) in [6, 6.07) is 0.695. The number of nitrogens with two attached hydrogens (primary N) is 1. The van der Waals surface area contributed by atoms with Gasteiger partial charge in [-0.3, -0.25) is 9.69 Å². The van der Waals surface area contributed by atoms with Crippen molar-refractivity contribution in [1.82, 2.24) is 10.2 Å². The Hall–Kier alpha value is -0.610. The van der Waals surface area contributed by atoms with Gasteiger partial charge < -0.3 is 11.1 Å². The van der Waals surface area contributed by atoms with Crippen molar-refractivity contribution in [1.29, 1.82) is 0 Å². The fraction of sp³-hybridized carbons (Fsp3) is 0.909. The first-order valence-electron chi connectivity index (χ1n) is 5.88. The zero-order valence-electron chi connectivity index (χ0n) is 9.57. The quantitative estimate of drug-likeness (QED) is 0.687. The van der Waals surface area contributed by atoms with Crippen molar-refractivity contribution in [3.05, 3.63) is 0 Å². The van der Waals surface area contributed by atoms with E-state index in [1.807, 2.05) is 0 Å². The van der Waals surface area contributed by atoms with Crippen molar-refractivity contribution in [3.8, 4) is 0 Å². The molecule has 1 saturated heterocycles. The normalized spacial score (nSPS) is 34.1. The highest BCUT2D eigenvalue weighted by Crippen LogP contribution is 2.31. The number of hydrogen-bond donors (Lipinski definition) is 2. The van der Waals surface area contributed by atoms with E-state index in [0.29, 0.717) is 12.0 Å². The van der Waals surface area contributed by atoms with Crippen LogP contribution in [0.1, 0.15) is 26.7 Å². The fourth-order valence-corrected chi connectivity index (χ4v) is 2.24. The number of nitrogens with one attached hydrogen (secondary N) is 1. The topological polar surface area (TPSA) is 58.4 Å². The molecule has 1 aliphatic carbocycles. The molecule has 1 saturated carbocycles. The maximum atomic E-state index is 11.5. The van der Waals surface area contributed by atoms with E-state index in [1.54, 1.807) is 6.92 Å². The van der Waals surface area contributed by atoms with Crippen LogP contribution in [0.3, 0.4) is 0 Å². The van der Waals surface area contributed by atoms with Gasteiger partial charge in [0.05, 0.1) is 6.04 Å². The second-order valence-electron chi connectivity index (χ2n) is 5.07. The average molecular weight is 211 g/mol. The standard InChI is InChI=1S/C11H21N3O/c1-7-5-14(9-3-4-9)6-10(7)13-11(15)8(2)12/h7-10H,3-6,12H2,1-2H3,(H,13,15). The molecule has 1 amide bonds. The lowest BCUT2D eigenvalue weighted by Crippen LogP contribution is -2.46. The average Bonchev–Trinajstić information content (AvgIpc) is 2.93. The first kappa shape index (κ1) is 10.9. The molecular weight excluding hydrogens is 190 g/mol. The molecule has 86 valence electrons. The van der Waals surface area contributed by atoms with Gasteiger partial charge in [0.25, 0.3) is 0 Å². The van der Waals surface area contributed by atoms with Gasteiger partial charge in [0.1, 0.15) is 0 Å². The number of hydrogen-bond acceptors (Lipinski definition) is 3. The molecule has 0 aromatic heterocycles. The highest BCUT2D eigenvalue weighted by molar-refractivity contribution is 5.81. The number of carbonyl (C=O) groups is 1. The minimum absolute atomic E-state index is 0.0236. The zero-order chi connectivity index (χ0) is 11.0. The van der Waals surface area contributed by atoms with Gasteiger partial charge in [-0.15, -0.1) is 0 Å². The summed E-state index contributed by atoms with van der Waals surface area (Å²) in [4.78, 5) is 14.0. The molecule has 0 radical (unpaired) electrons. The summed E-state index contributed by atoms with van der Waals surface area (Å²) < 4.78 is 0. The van der Waals surface area contributed by atoms with Crippen LogP contribution in [0.2, 0.25) is 0 Å². The van der Waals surface area contributed by atoms with Gasteiger partial charge in [-0.2, -0.15) is 0 Å². The predicted molar refractivity (Wildman–Crippen MR) is 59.3 cm³/mol. The first-order chi connectivity index (χ1) is 7.08. The van der Waals surface area contributed by atoms with E-state index >= 15 is 0 Å². The van der Waals surface area contributed by atoms with Gasteiger partial charge in [0.15, 0.2) is 0 Å². The van der Waals surface area contributed by atoms with E-state index in [-0.39, 0.29) is 5.91 Å². The van der Waals surface area contributed by atoms with Gasteiger partial charge in [0, 0.05) is 25.2 Å². The van der Waals surface area contributed by atoms with Crippen LogP contribution in [0, 0.1) is 5.92 Å². The van der Waals surface area contributed by atoms with E-state index < -0.39 is 6.04 Å². The summed E-state index contributed by atoms with van der Waals surface area (Å²) in [5.41, 5.74) is 5.54. The van der Waals surface area contributed by atoms with Crippen LogP contribution < -0.4 is 11.1 Å². The van der Waals surface area contributed by atoms with Crippen LogP contribution in [0.25, 0.3) is 0 Å². The molecule has 0 bridgehead atoms. The molecular formula is C11H21N3O. The number of likely N-dealkylation sites (tertiary alicyclic amines) is 1. The molecule has 2 rings (SSSR count). The summed E-state index contributed by atoms with van der Waals surface area (Å²) in [6.07, 6.45) is 2.67. The van der Waals surface area contributed by atoms with Crippen molar-refractivity contribution in [2.24, 2.45) is 11.7 Å². The molecule has 2 aliphatic rings. The summed E-state index contributed by atoms with van der Waals surface area (Å²) in [7, 11) is 0. The van der Waals surface area contributed by atoms with E-state index in [4.69, 9.17) is 5.73 Å². The third-order valence-corrected chi connectivity index (χ3v) is 3.45. The van der Waals surface area contributed by atoms with Crippen LogP contribution in [0.15, 0.2) is 0 Å². The van der Waals surface area contributed by atoms with Crippen LogP contribution >= 0.6 is 0 Å². The molecule has 1 aliphatic heterocycles. The molecule has 15 heavy (non-hydrogen) atoms. The lowest BCUT2D eigenvalue weighted by atomic mass is 10.1. The third kappa shape index (κ3) is 2.49. The SMILES string of the molecule is CC(N)C(=O)NC1CN(C2CC2)CC1C. The van der Waals surface area contributed by atoms with Crippen LogP contribution in [-0.4, -0.2) is 42.0 Å². The lowest BCUT2D eigenvalue weighted by molar-refractivity contribution is -0.122. The van der Waals surface area contributed by atoms with Gasteiger partial charge in [-0.1, -0.05) is 6.92 Å². The van der Waals surface area contributed by atoms with Gasteiger partial charge >= 0.3 is 0 Å². The summed E-state index contributed by atoms with van der Waals surface area (Å²) in [6.45, 7) is 6.06. The minimum atomic E-state index is -0.396. The number of carbonyl (C=O) groups excluding carboxylic acids is 1. The maximum absolute atomic E-state index is 11.5. The largest absolute Gasteiger partial charge is 0.350 e. The van der Waals surface area contributed by atoms with Gasteiger partial charge in [0.2, 0.25) is 5.91 Å². The summed E-state index contributed by atoms with van der Waals surface area (Å²) in [5, 5.41) is 3.04. The monoisotopic (exact) mass is 211 g/mol. The molecule has 4 heteroatoms. The Kier molecular flexibility index (Phi) is 2.98. The molecule has 2 fully saturated rings. The first-order valence-corrected chi connectivity index (χ1v) is 5.88. The maximum Gasteiger partial charge on any atom is 0.236 e. The Bertz CT molecular complexity index is 250. The highest BCUT2D eigenvalue weighted by atomic mass is 16.2. The third-order valence-electron chi connectivity index (χ3n) is 3.45. The number of amides is 1. The smallest absolute Gasteiger partial charge is 0.236 e. The van der Waals surface area contributed by atoms with E-state index in [2.05, 4.69) is 17.1 Å². The lowest BCUT2D eigenvalue weighted by Gasteiger charge is -2.18. The highest BCUT2D eigenvalue weighted by Gasteiger charge is 2.38. The van der Waals surface area contributed by atoms with E-state index in [1.165, 1.54) is 12.8 Å². The predicted octanol–water partition coefficient (Wildman–Crippen LogP) is -0.0675. The van der Waals surface area contributed by atoms with Crippen LogP contribution in [-0.2, 0) is 4.79 Å². The molecule has 3 unspecified atom stereocenters. The zero-order valence-corrected chi connectivity index (χ0v) is 9.57. The Balaban J connectivity index is 1.84. The number of rotatable bonds is 3. The molecule has 4 nitrogen and oxygen atoms in total. The Morgan fingerprint density at radius 3 is 2.67 bits per heavy atom. The molecule has 3 atom stereocenters. The fourth-order valence-electron chi connectivity index (χ4n) is 2.24. The second-order valence-corrected chi connectivity index (χ2v) is 5.07. The molecule has 0 aromatic carbocycles.